The number of thioether (sulfide) groups is 1. The number of aryl methyl sites for hydroxylation is 1. The first-order chi connectivity index (χ1) is 13.9. The summed E-state index contributed by atoms with van der Waals surface area (Å²) in [5.74, 6) is -1.13. The first-order valence-corrected chi connectivity index (χ1v) is 10.4. The van der Waals surface area contributed by atoms with E-state index < -0.39 is 5.76 Å². The molecule has 0 atom stereocenters. The number of benzene rings is 2. The van der Waals surface area contributed by atoms with E-state index >= 15 is 0 Å². The van der Waals surface area contributed by atoms with Crippen LogP contribution in [0.2, 0.25) is 10.0 Å². The van der Waals surface area contributed by atoms with Gasteiger partial charge in [0.2, 0.25) is 11.8 Å². The van der Waals surface area contributed by atoms with Crippen molar-refractivity contribution in [2.24, 2.45) is 0 Å². The predicted molar refractivity (Wildman–Crippen MR) is 113 cm³/mol. The molecule has 152 valence electrons. The maximum atomic E-state index is 11.9. The topological polar surface area (TPSA) is 93.3 Å². The molecule has 0 saturated heterocycles. The Morgan fingerprint density at radius 2 is 1.83 bits per heavy atom. The summed E-state index contributed by atoms with van der Waals surface area (Å²) in [7, 11) is 0. The minimum Gasteiger partial charge on any atom is -0.408 e. The molecule has 10 heteroatoms. The number of amides is 2. The van der Waals surface area contributed by atoms with Crippen molar-refractivity contribution in [3.8, 4) is 0 Å². The molecule has 3 aromatic rings. The molecule has 0 aliphatic heterocycles. The standard InChI is InChI=1S/C19H17Cl2N3O4S/c20-12-7-8-13(21)16(10-12)29-11-18(26)23-22-17(25)6-3-9-24-14-4-1-2-5-15(14)28-19(24)27/h1-2,4-5,7-8,10H,3,6,9,11H2,(H,22,25)(H,23,26). The average molecular weight is 454 g/mol. The third kappa shape index (κ3) is 5.79. The fraction of sp³-hybridized carbons (Fsp3) is 0.211. The Labute approximate surface area is 180 Å². The molecule has 2 N–H and O–H groups in total. The van der Waals surface area contributed by atoms with Crippen molar-refractivity contribution in [2.75, 3.05) is 5.75 Å². The lowest BCUT2D eigenvalue weighted by molar-refractivity contribution is -0.127. The summed E-state index contributed by atoms with van der Waals surface area (Å²) >= 11 is 13.2. The van der Waals surface area contributed by atoms with Crippen molar-refractivity contribution in [2.45, 2.75) is 24.3 Å². The van der Waals surface area contributed by atoms with Crippen LogP contribution in [0.15, 0.2) is 56.6 Å². The lowest BCUT2D eigenvalue weighted by Crippen LogP contribution is -2.42. The van der Waals surface area contributed by atoms with Crippen LogP contribution in [0.5, 0.6) is 0 Å². The number of para-hydroxylation sites is 2. The van der Waals surface area contributed by atoms with Gasteiger partial charge in [-0.05, 0) is 36.8 Å². The van der Waals surface area contributed by atoms with Gasteiger partial charge in [-0.1, -0.05) is 35.3 Å². The normalized spacial score (nSPS) is 10.8. The molecule has 0 bridgehead atoms. The second-order valence-corrected chi connectivity index (χ2v) is 7.91. The van der Waals surface area contributed by atoms with E-state index in [2.05, 4.69) is 10.9 Å². The minimum absolute atomic E-state index is 0.0662. The molecule has 0 aliphatic carbocycles. The third-order valence-corrected chi connectivity index (χ3v) is 5.68. The molecular formula is C19H17Cl2N3O4S. The molecule has 1 aromatic heterocycles. The number of nitrogens with one attached hydrogen (secondary N) is 2. The molecule has 29 heavy (non-hydrogen) atoms. The molecule has 7 nitrogen and oxygen atoms in total. The predicted octanol–water partition coefficient (Wildman–Crippen LogP) is 3.62. The SMILES string of the molecule is O=C(CCCn1c(=O)oc2ccccc21)NNC(=O)CSc1cc(Cl)ccc1Cl. The molecule has 1 heterocycles. The van der Waals surface area contributed by atoms with Crippen molar-refractivity contribution in [3.05, 3.63) is 63.1 Å². The number of carbonyl (C=O) groups is 2. The number of nitrogens with zero attached hydrogens (tertiary/aromatic N) is 1. The van der Waals surface area contributed by atoms with E-state index in [1.165, 1.54) is 16.3 Å². The van der Waals surface area contributed by atoms with Crippen LogP contribution in [-0.2, 0) is 16.1 Å². The summed E-state index contributed by atoms with van der Waals surface area (Å²) in [6.07, 6.45) is 0.553. The molecule has 0 fully saturated rings. The van der Waals surface area contributed by atoms with Gasteiger partial charge < -0.3 is 4.42 Å². The van der Waals surface area contributed by atoms with Gasteiger partial charge in [0.15, 0.2) is 5.58 Å². The Bertz CT molecular complexity index is 1100. The van der Waals surface area contributed by atoms with Gasteiger partial charge in [0.25, 0.3) is 0 Å². The van der Waals surface area contributed by atoms with Crippen LogP contribution in [0.3, 0.4) is 0 Å². The second kappa shape index (κ2) is 9.87. The van der Waals surface area contributed by atoms with Gasteiger partial charge in [0, 0.05) is 22.9 Å². The molecule has 0 saturated carbocycles. The summed E-state index contributed by atoms with van der Waals surface area (Å²) in [6.45, 7) is 0.334. The van der Waals surface area contributed by atoms with Gasteiger partial charge in [-0.25, -0.2) is 4.79 Å². The van der Waals surface area contributed by atoms with Gasteiger partial charge in [-0.15, -0.1) is 11.8 Å². The number of carbonyl (C=O) groups excluding carboxylic acids is 2. The molecule has 0 unspecified atom stereocenters. The first kappa shape index (κ1) is 21.3. The maximum absolute atomic E-state index is 11.9. The van der Waals surface area contributed by atoms with Crippen LogP contribution >= 0.6 is 35.0 Å². The van der Waals surface area contributed by atoms with Crippen LogP contribution in [0.25, 0.3) is 11.1 Å². The summed E-state index contributed by atoms with van der Waals surface area (Å²) in [6, 6.07) is 12.1. The van der Waals surface area contributed by atoms with Crippen LogP contribution in [0.1, 0.15) is 12.8 Å². The number of aromatic nitrogens is 1. The lowest BCUT2D eigenvalue weighted by atomic mass is 10.3. The lowest BCUT2D eigenvalue weighted by Gasteiger charge is -2.08. The zero-order valence-corrected chi connectivity index (χ0v) is 17.4. The van der Waals surface area contributed by atoms with Gasteiger partial charge in [0.1, 0.15) is 0 Å². The molecule has 2 amide bonds. The smallest absolute Gasteiger partial charge is 0.408 e. The molecule has 0 aliphatic rings. The Balaban J connectivity index is 1.40. The maximum Gasteiger partial charge on any atom is 0.419 e. The van der Waals surface area contributed by atoms with E-state index in [1.807, 2.05) is 6.07 Å². The molecule has 0 spiro atoms. The zero-order valence-electron chi connectivity index (χ0n) is 15.1. The highest BCUT2D eigenvalue weighted by Gasteiger charge is 2.10. The molecule has 2 aromatic carbocycles. The third-order valence-electron chi connectivity index (χ3n) is 3.95. The Morgan fingerprint density at radius 3 is 2.66 bits per heavy atom. The number of hydrazine groups is 1. The van der Waals surface area contributed by atoms with E-state index in [9.17, 15) is 14.4 Å². The average Bonchev–Trinajstić information content (AvgIpc) is 3.02. The van der Waals surface area contributed by atoms with Gasteiger partial charge in [-0.3, -0.25) is 25.0 Å². The zero-order chi connectivity index (χ0) is 20.8. The molecule has 3 rings (SSSR count). The number of hydrogen-bond donors (Lipinski definition) is 2. The van der Waals surface area contributed by atoms with Crippen LogP contribution < -0.4 is 16.6 Å². The quantitative estimate of drug-likeness (QED) is 0.420. The van der Waals surface area contributed by atoms with E-state index in [-0.39, 0.29) is 24.0 Å². The van der Waals surface area contributed by atoms with E-state index in [0.717, 1.165) is 0 Å². The van der Waals surface area contributed by atoms with E-state index in [4.69, 9.17) is 27.6 Å². The summed E-state index contributed by atoms with van der Waals surface area (Å²) < 4.78 is 6.62. The van der Waals surface area contributed by atoms with E-state index in [1.54, 1.807) is 36.4 Å². The largest absolute Gasteiger partial charge is 0.419 e. The Kier molecular flexibility index (Phi) is 7.24. The van der Waals surface area contributed by atoms with Crippen LogP contribution in [0.4, 0.5) is 0 Å². The highest BCUT2D eigenvalue weighted by atomic mass is 35.5. The second-order valence-electron chi connectivity index (χ2n) is 6.05. The summed E-state index contributed by atoms with van der Waals surface area (Å²) in [5.41, 5.74) is 5.89. The van der Waals surface area contributed by atoms with Gasteiger partial charge >= 0.3 is 5.76 Å². The Hall–Kier alpha value is -2.42. The first-order valence-electron chi connectivity index (χ1n) is 8.68. The monoisotopic (exact) mass is 453 g/mol. The number of rotatable bonds is 7. The number of oxazole rings is 1. The molecule has 0 radical (unpaired) electrons. The molecular weight excluding hydrogens is 437 g/mol. The van der Waals surface area contributed by atoms with Crippen molar-refractivity contribution in [1.29, 1.82) is 0 Å². The highest BCUT2D eigenvalue weighted by molar-refractivity contribution is 8.00. The number of hydrogen-bond acceptors (Lipinski definition) is 5. The highest BCUT2D eigenvalue weighted by Crippen LogP contribution is 2.29. The van der Waals surface area contributed by atoms with Crippen molar-refractivity contribution >= 4 is 57.9 Å². The fourth-order valence-electron chi connectivity index (χ4n) is 2.59. The van der Waals surface area contributed by atoms with Crippen LogP contribution in [0, 0.1) is 0 Å². The minimum atomic E-state index is -0.461. The summed E-state index contributed by atoms with van der Waals surface area (Å²) in [4.78, 5) is 36.4. The Morgan fingerprint density at radius 1 is 1.07 bits per heavy atom. The van der Waals surface area contributed by atoms with Crippen LogP contribution in [-0.4, -0.2) is 22.1 Å². The fourth-order valence-corrected chi connectivity index (χ4v) is 3.89. The van der Waals surface area contributed by atoms with Crippen molar-refractivity contribution in [3.63, 3.8) is 0 Å². The number of halogens is 2. The van der Waals surface area contributed by atoms with Gasteiger partial charge in [-0.2, -0.15) is 0 Å². The van der Waals surface area contributed by atoms with Gasteiger partial charge in [0.05, 0.1) is 16.3 Å². The summed E-state index contributed by atoms with van der Waals surface area (Å²) in [5, 5.41) is 1.02. The van der Waals surface area contributed by atoms with Crippen molar-refractivity contribution < 1.29 is 14.0 Å². The van der Waals surface area contributed by atoms with E-state index in [0.29, 0.717) is 39.0 Å². The number of fused-ring (bicyclic) bond motifs is 1. The van der Waals surface area contributed by atoms with Crippen molar-refractivity contribution in [1.82, 2.24) is 15.4 Å².